The third-order valence-electron chi connectivity index (χ3n) is 2.52. The molecule has 1 heterocycles. The summed E-state index contributed by atoms with van der Waals surface area (Å²) in [5.74, 6) is 0. The van der Waals surface area contributed by atoms with E-state index in [0.29, 0.717) is 0 Å². The minimum absolute atomic E-state index is 0.0418. The summed E-state index contributed by atoms with van der Waals surface area (Å²) in [6, 6.07) is 10.2. The van der Waals surface area contributed by atoms with Gasteiger partial charge in [0, 0.05) is 11.8 Å². The van der Waals surface area contributed by atoms with Gasteiger partial charge in [0.05, 0.1) is 12.3 Å². The van der Waals surface area contributed by atoms with Gasteiger partial charge >= 0.3 is 0 Å². The zero-order valence-corrected chi connectivity index (χ0v) is 9.57. The van der Waals surface area contributed by atoms with Gasteiger partial charge in [-0.25, -0.2) is 0 Å². The average Bonchev–Trinajstić information content (AvgIpc) is 2.28. The average molecular weight is 213 g/mol. The summed E-state index contributed by atoms with van der Waals surface area (Å²) in [6.45, 7) is 4.21. The van der Waals surface area contributed by atoms with Crippen LogP contribution in [-0.4, -0.2) is 10.1 Å². The smallest absolute Gasteiger partial charge is 0.0702 e. The molecule has 2 nitrogen and oxygen atoms in total. The number of hydrogen-bond acceptors (Lipinski definition) is 2. The van der Waals surface area contributed by atoms with Crippen molar-refractivity contribution in [1.82, 2.24) is 4.98 Å². The van der Waals surface area contributed by atoms with Crippen LogP contribution in [0.4, 0.5) is 0 Å². The van der Waals surface area contributed by atoms with Crippen molar-refractivity contribution in [2.24, 2.45) is 0 Å². The monoisotopic (exact) mass is 213 g/mol. The number of aryl methyl sites for hydroxylation is 2. The third kappa shape index (κ3) is 2.28. The lowest BCUT2D eigenvalue weighted by Crippen LogP contribution is -1.89. The molecule has 0 bridgehead atoms. The molecule has 0 fully saturated rings. The van der Waals surface area contributed by atoms with Gasteiger partial charge in [0.1, 0.15) is 0 Å². The molecule has 1 N–H and O–H groups in total. The van der Waals surface area contributed by atoms with E-state index in [1.807, 2.05) is 12.1 Å². The molecular formula is C14H15NO. The topological polar surface area (TPSA) is 33.1 Å². The van der Waals surface area contributed by atoms with E-state index in [0.717, 1.165) is 16.8 Å². The second kappa shape index (κ2) is 4.45. The maximum absolute atomic E-state index is 8.95. The largest absolute Gasteiger partial charge is 0.392 e. The number of benzene rings is 1. The Kier molecular flexibility index (Phi) is 3.02. The fourth-order valence-electron chi connectivity index (χ4n) is 1.81. The number of nitrogens with zero attached hydrogens (tertiary/aromatic N) is 1. The van der Waals surface area contributed by atoms with Crippen molar-refractivity contribution in [3.8, 4) is 11.3 Å². The fraction of sp³-hybridized carbons (Fsp3) is 0.214. The fourth-order valence-corrected chi connectivity index (χ4v) is 1.81. The van der Waals surface area contributed by atoms with Crippen LogP contribution in [0.2, 0.25) is 0 Å². The summed E-state index contributed by atoms with van der Waals surface area (Å²) >= 11 is 0. The Morgan fingerprint density at radius 1 is 1.06 bits per heavy atom. The van der Waals surface area contributed by atoms with Crippen molar-refractivity contribution < 1.29 is 5.11 Å². The van der Waals surface area contributed by atoms with Crippen LogP contribution in [0.5, 0.6) is 0 Å². The SMILES string of the molecule is Cc1cc(C)cc(-c2ccc(CO)cn2)c1. The Morgan fingerprint density at radius 2 is 1.75 bits per heavy atom. The van der Waals surface area contributed by atoms with E-state index in [2.05, 4.69) is 37.0 Å². The van der Waals surface area contributed by atoms with Crippen molar-refractivity contribution in [1.29, 1.82) is 0 Å². The molecule has 16 heavy (non-hydrogen) atoms. The van der Waals surface area contributed by atoms with Crippen molar-refractivity contribution in [3.05, 3.63) is 53.2 Å². The zero-order chi connectivity index (χ0) is 11.5. The molecular weight excluding hydrogens is 198 g/mol. The van der Waals surface area contributed by atoms with E-state index in [4.69, 9.17) is 5.11 Å². The van der Waals surface area contributed by atoms with Gasteiger partial charge in [-0.3, -0.25) is 4.98 Å². The number of aliphatic hydroxyl groups excluding tert-OH is 1. The Labute approximate surface area is 95.6 Å². The van der Waals surface area contributed by atoms with Gasteiger partial charge in [-0.15, -0.1) is 0 Å². The summed E-state index contributed by atoms with van der Waals surface area (Å²) in [5, 5.41) is 8.95. The number of aliphatic hydroxyl groups is 1. The van der Waals surface area contributed by atoms with E-state index >= 15 is 0 Å². The van der Waals surface area contributed by atoms with Gasteiger partial charge in [0.2, 0.25) is 0 Å². The minimum atomic E-state index is 0.0418. The molecule has 0 amide bonds. The summed E-state index contributed by atoms with van der Waals surface area (Å²) in [7, 11) is 0. The quantitative estimate of drug-likeness (QED) is 0.832. The van der Waals surface area contributed by atoms with Crippen molar-refractivity contribution in [3.63, 3.8) is 0 Å². The molecule has 0 aliphatic heterocycles. The molecule has 1 aromatic carbocycles. The van der Waals surface area contributed by atoms with E-state index in [-0.39, 0.29) is 6.61 Å². The van der Waals surface area contributed by atoms with Crippen LogP contribution in [0.3, 0.4) is 0 Å². The number of aromatic nitrogens is 1. The molecule has 0 radical (unpaired) electrons. The van der Waals surface area contributed by atoms with Crippen molar-refractivity contribution in [2.45, 2.75) is 20.5 Å². The third-order valence-corrected chi connectivity index (χ3v) is 2.52. The second-order valence-corrected chi connectivity index (χ2v) is 4.09. The van der Waals surface area contributed by atoms with Gasteiger partial charge in [-0.1, -0.05) is 23.3 Å². The molecule has 0 atom stereocenters. The van der Waals surface area contributed by atoms with Crippen LogP contribution in [0.15, 0.2) is 36.5 Å². The lowest BCUT2D eigenvalue weighted by molar-refractivity contribution is 0.281. The van der Waals surface area contributed by atoms with Crippen LogP contribution >= 0.6 is 0 Å². The first-order valence-corrected chi connectivity index (χ1v) is 5.33. The molecule has 0 aliphatic carbocycles. The molecule has 1 aromatic heterocycles. The van der Waals surface area contributed by atoms with Crippen LogP contribution in [0, 0.1) is 13.8 Å². The first-order chi connectivity index (χ1) is 7.69. The molecule has 0 saturated heterocycles. The maximum atomic E-state index is 8.95. The lowest BCUT2D eigenvalue weighted by atomic mass is 10.0. The van der Waals surface area contributed by atoms with Crippen LogP contribution in [0.1, 0.15) is 16.7 Å². The summed E-state index contributed by atoms with van der Waals surface area (Å²) in [4.78, 5) is 4.34. The highest BCUT2D eigenvalue weighted by Crippen LogP contribution is 2.20. The van der Waals surface area contributed by atoms with Gasteiger partial charge in [-0.2, -0.15) is 0 Å². The van der Waals surface area contributed by atoms with E-state index in [1.165, 1.54) is 11.1 Å². The van der Waals surface area contributed by atoms with E-state index < -0.39 is 0 Å². The number of pyridine rings is 1. The van der Waals surface area contributed by atoms with Crippen molar-refractivity contribution >= 4 is 0 Å². The molecule has 82 valence electrons. The predicted molar refractivity (Wildman–Crippen MR) is 65.1 cm³/mol. The maximum Gasteiger partial charge on any atom is 0.0702 e. The molecule has 0 spiro atoms. The predicted octanol–water partition coefficient (Wildman–Crippen LogP) is 2.86. The Balaban J connectivity index is 2.42. The molecule has 2 aromatic rings. The second-order valence-electron chi connectivity index (χ2n) is 4.09. The Hall–Kier alpha value is -1.67. The van der Waals surface area contributed by atoms with E-state index in [9.17, 15) is 0 Å². The van der Waals surface area contributed by atoms with Gasteiger partial charge in [0.15, 0.2) is 0 Å². The van der Waals surface area contributed by atoms with Crippen LogP contribution in [-0.2, 0) is 6.61 Å². The first-order valence-electron chi connectivity index (χ1n) is 5.33. The normalized spacial score (nSPS) is 10.4. The lowest BCUT2D eigenvalue weighted by Gasteiger charge is -2.05. The van der Waals surface area contributed by atoms with Gasteiger partial charge < -0.3 is 5.11 Å². The molecule has 2 rings (SSSR count). The number of hydrogen-bond donors (Lipinski definition) is 1. The number of rotatable bonds is 2. The summed E-state index contributed by atoms with van der Waals surface area (Å²) in [6.07, 6.45) is 1.72. The summed E-state index contributed by atoms with van der Waals surface area (Å²) < 4.78 is 0. The highest BCUT2D eigenvalue weighted by atomic mass is 16.3. The Bertz CT molecular complexity index is 468. The van der Waals surface area contributed by atoms with Gasteiger partial charge in [0.25, 0.3) is 0 Å². The molecule has 2 heteroatoms. The standard InChI is InChI=1S/C14H15NO/c1-10-5-11(2)7-13(6-10)14-4-3-12(9-16)8-15-14/h3-8,16H,9H2,1-2H3. The van der Waals surface area contributed by atoms with Crippen molar-refractivity contribution in [2.75, 3.05) is 0 Å². The minimum Gasteiger partial charge on any atom is -0.392 e. The highest BCUT2D eigenvalue weighted by molar-refractivity contribution is 5.61. The Morgan fingerprint density at radius 3 is 2.25 bits per heavy atom. The van der Waals surface area contributed by atoms with Crippen LogP contribution < -0.4 is 0 Å². The zero-order valence-electron chi connectivity index (χ0n) is 9.57. The molecule has 0 unspecified atom stereocenters. The molecule has 0 saturated carbocycles. The van der Waals surface area contributed by atoms with Crippen LogP contribution in [0.25, 0.3) is 11.3 Å². The van der Waals surface area contributed by atoms with Gasteiger partial charge in [-0.05, 0) is 37.6 Å². The van der Waals surface area contributed by atoms with E-state index in [1.54, 1.807) is 6.20 Å². The summed E-state index contributed by atoms with van der Waals surface area (Å²) in [5.41, 5.74) is 5.39. The first kappa shape index (κ1) is 10.8. The molecule has 0 aliphatic rings. The highest BCUT2D eigenvalue weighted by Gasteiger charge is 2.01.